The van der Waals surface area contributed by atoms with Gasteiger partial charge in [-0.15, -0.1) is 0 Å². The van der Waals surface area contributed by atoms with Gasteiger partial charge in [0, 0.05) is 26.2 Å². The Balaban J connectivity index is 1.66. The molecule has 0 amide bonds. The van der Waals surface area contributed by atoms with Crippen molar-refractivity contribution in [3.05, 3.63) is 0 Å². The third kappa shape index (κ3) is 2.73. The summed E-state index contributed by atoms with van der Waals surface area (Å²) in [5.41, 5.74) is 0. The standard InChI is InChI=1S/C13H25NO/c1-2-4-11-7-14(8-11)9-12-5-3-6-13(12)10-15/h11-13,15H,2-10H2,1H3. The molecule has 0 spiro atoms. The molecule has 88 valence electrons. The monoisotopic (exact) mass is 211 g/mol. The maximum absolute atomic E-state index is 9.26. The average Bonchev–Trinajstić information content (AvgIpc) is 2.62. The maximum atomic E-state index is 9.26. The topological polar surface area (TPSA) is 23.5 Å². The van der Waals surface area contributed by atoms with Crippen molar-refractivity contribution in [2.75, 3.05) is 26.2 Å². The van der Waals surface area contributed by atoms with Crippen molar-refractivity contribution in [2.24, 2.45) is 17.8 Å². The van der Waals surface area contributed by atoms with Crippen LogP contribution in [0.3, 0.4) is 0 Å². The van der Waals surface area contributed by atoms with Crippen LogP contribution >= 0.6 is 0 Å². The number of aliphatic hydroxyl groups is 1. The van der Waals surface area contributed by atoms with Gasteiger partial charge in [0.15, 0.2) is 0 Å². The molecule has 1 aliphatic carbocycles. The van der Waals surface area contributed by atoms with Crippen LogP contribution in [0.5, 0.6) is 0 Å². The molecule has 1 saturated heterocycles. The summed E-state index contributed by atoms with van der Waals surface area (Å²) in [5, 5.41) is 9.26. The molecule has 0 bridgehead atoms. The van der Waals surface area contributed by atoms with E-state index in [1.54, 1.807) is 0 Å². The number of nitrogens with zero attached hydrogens (tertiary/aromatic N) is 1. The molecule has 2 rings (SSSR count). The van der Waals surface area contributed by atoms with Crippen molar-refractivity contribution < 1.29 is 5.11 Å². The fraction of sp³-hybridized carbons (Fsp3) is 1.00. The summed E-state index contributed by atoms with van der Waals surface area (Å²) in [5.74, 6) is 2.37. The van der Waals surface area contributed by atoms with Crippen molar-refractivity contribution in [1.29, 1.82) is 0 Å². The first-order valence-corrected chi connectivity index (χ1v) is 6.66. The number of rotatable bonds is 5. The molecule has 1 saturated carbocycles. The van der Waals surface area contributed by atoms with Crippen LogP contribution in [-0.2, 0) is 0 Å². The second-order valence-electron chi connectivity index (χ2n) is 5.51. The molecule has 0 aromatic rings. The van der Waals surface area contributed by atoms with E-state index in [1.165, 1.54) is 51.7 Å². The van der Waals surface area contributed by atoms with Crippen molar-refractivity contribution in [3.8, 4) is 0 Å². The summed E-state index contributed by atoms with van der Waals surface area (Å²) in [6.07, 6.45) is 6.68. The first kappa shape index (κ1) is 11.4. The summed E-state index contributed by atoms with van der Waals surface area (Å²) < 4.78 is 0. The minimum atomic E-state index is 0.414. The van der Waals surface area contributed by atoms with E-state index in [-0.39, 0.29) is 0 Å². The van der Waals surface area contributed by atoms with Gasteiger partial charge in [0.05, 0.1) is 0 Å². The van der Waals surface area contributed by atoms with Crippen LogP contribution in [-0.4, -0.2) is 36.2 Å². The van der Waals surface area contributed by atoms with Gasteiger partial charge in [-0.2, -0.15) is 0 Å². The lowest BCUT2D eigenvalue weighted by Gasteiger charge is -2.41. The van der Waals surface area contributed by atoms with Gasteiger partial charge in [0.2, 0.25) is 0 Å². The molecule has 2 aliphatic rings. The number of hydrogen-bond acceptors (Lipinski definition) is 2. The number of aliphatic hydroxyl groups excluding tert-OH is 1. The smallest absolute Gasteiger partial charge is 0.0462 e. The molecule has 1 heterocycles. The van der Waals surface area contributed by atoms with Crippen LogP contribution in [0, 0.1) is 17.8 Å². The van der Waals surface area contributed by atoms with Crippen molar-refractivity contribution >= 4 is 0 Å². The molecular formula is C13H25NO. The quantitative estimate of drug-likeness (QED) is 0.753. The fourth-order valence-corrected chi connectivity index (χ4v) is 3.34. The van der Waals surface area contributed by atoms with Crippen LogP contribution in [0.2, 0.25) is 0 Å². The zero-order valence-electron chi connectivity index (χ0n) is 9.99. The number of hydrogen-bond donors (Lipinski definition) is 1. The summed E-state index contributed by atoms with van der Waals surface area (Å²) >= 11 is 0. The fourth-order valence-electron chi connectivity index (χ4n) is 3.34. The molecule has 0 aromatic carbocycles. The summed E-state index contributed by atoms with van der Waals surface area (Å²) in [6.45, 7) is 6.59. The number of likely N-dealkylation sites (tertiary alicyclic amines) is 1. The zero-order valence-corrected chi connectivity index (χ0v) is 9.99. The Hall–Kier alpha value is -0.0800. The highest BCUT2D eigenvalue weighted by atomic mass is 16.3. The van der Waals surface area contributed by atoms with E-state index >= 15 is 0 Å². The molecule has 0 radical (unpaired) electrons. The average molecular weight is 211 g/mol. The zero-order chi connectivity index (χ0) is 10.7. The predicted octanol–water partition coefficient (Wildman–Crippen LogP) is 2.13. The lowest BCUT2D eigenvalue weighted by Crippen LogP contribution is -2.49. The Bertz CT molecular complexity index is 189. The largest absolute Gasteiger partial charge is 0.396 e. The third-order valence-electron chi connectivity index (χ3n) is 4.27. The highest BCUT2D eigenvalue weighted by molar-refractivity contribution is 4.85. The molecule has 2 fully saturated rings. The Morgan fingerprint density at radius 2 is 1.93 bits per heavy atom. The van der Waals surface area contributed by atoms with Crippen molar-refractivity contribution in [3.63, 3.8) is 0 Å². The van der Waals surface area contributed by atoms with Crippen molar-refractivity contribution in [2.45, 2.75) is 39.0 Å². The Labute approximate surface area is 93.7 Å². The van der Waals surface area contributed by atoms with E-state index in [0.29, 0.717) is 12.5 Å². The van der Waals surface area contributed by atoms with Crippen LogP contribution in [0.4, 0.5) is 0 Å². The van der Waals surface area contributed by atoms with Gasteiger partial charge in [-0.3, -0.25) is 0 Å². The molecule has 1 aliphatic heterocycles. The van der Waals surface area contributed by atoms with E-state index in [0.717, 1.165) is 11.8 Å². The lowest BCUT2D eigenvalue weighted by molar-refractivity contribution is 0.0599. The lowest BCUT2D eigenvalue weighted by atomic mass is 9.90. The Morgan fingerprint density at radius 3 is 2.60 bits per heavy atom. The Kier molecular flexibility index (Phi) is 4.04. The molecule has 0 aromatic heterocycles. The van der Waals surface area contributed by atoms with Crippen LogP contribution in [0.25, 0.3) is 0 Å². The molecule has 1 N–H and O–H groups in total. The summed E-state index contributed by atoms with van der Waals surface area (Å²) in [6, 6.07) is 0. The van der Waals surface area contributed by atoms with E-state index in [9.17, 15) is 5.11 Å². The predicted molar refractivity (Wildman–Crippen MR) is 62.8 cm³/mol. The highest BCUT2D eigenvalue weighted by Crippen LogP contribution is 2.33. The minimum Gasteiger partial charge on any atom is -0.396 e. The van der Waals surface area contributed by atoms with E-state index in [1.807, 2.05) is 0 Å². The molecule has 2 heteroatoms. The van der Waals surface area contributed by atoms with Crippen LogP contribution < -0.4 is 0 Å². The molecule has 2 atom stereocenters. The first-order chi connectivity index (χ1) is 7.33. The van der Waals surface area contributed by atoms with Gasteiger partial charge in [-0.25, -0.2) is 0 Å². The van der Waals surface area contributed by atoms with Gasteiger partial charge in [-0.05, 0) is 37.0 Å². The van der Waals surface area contributed by atoms with Gasteiger partial charge in [0.25, 0.3) is 0 Å². The molecular weight excluding hydrogens is 186 g/mol. The van der Waals surface area contributed by atoms with E-state index in [4.69, 9.17) is 0 Å². The summed E-state index contributed by atoms with van der Waals surface area (Å²) in [4.78, 5) is 2.60. The molecule has 2 unspecified atom stereocenters. The van der Waals surface area contributed by atoms with E-state index in [2.05, 4.69) is 11.8 Å². The molecule has 15 heavy (non-hydrogen) atoms. The summed E-state index contributed by atoms with van der Waals surface area (Å²) in [7, 11) is 0. The normalized spacial score (nSPS) is 33.2. The Morgan fingerprint density at radius 1 is 1.20 bits per heavy atom. The second kappa shape index (κ2) is 5.31. The van der Waals surface area contributed by atoms with Crippen molar-refractivity contribution in [1.82, 2.24) is 4.90 Å². The van der Waals surface area contributed by atoms with Gasteiger partial charge < -0.3 is 10.0 Å². The highest BCUT2D eigenvalue weighted by Gasteiger charge is 2.32. The SMILES string of the molecule is CCCC1CN(CC2CCCC2CO)C1. The van der Waals surface area contributed by atoms with E-state index < -0.39 is 0 Å². The van der Waals surface area contributed by atoms with Gasteiger partial charge in [-0.1, -0.05) is 19.8 Å². The van der Waals surface area contributed by atoms with Crippen LogP contribution in [0.15, 0.2) is 0 Å². The third-order valence-corrected chi connectivity index (χ3v) is 4.27. The minimum absolute atomic E-state index is 0.414. The van der Waals surface area contributed by atoms with Crippen LogP contribution in [0.1, 0.15) is 39.0 Å². The second-order valence-corrected chi connectivity index (χ2v) is 5.51. The van der Waals surface area contributed by atoms with Gasteiger partial charge >= 0.3 is 0 Å². The molecule has 2 nitrogen and oxygen atoms in total. The first-order valence-electron chi connectivity index (χ1n) is 6.66. The van der Waals surface area contributed by atoms with Gasteiger partial charge in [0.1, 0.15) is 0 Å². The maximum Gasteiger partial charge on any atom is 0.0462 e.